The second-order valence-corrected chi connectivity index (χ2v) is 2.92. The molecule has 0 radical (unpaired) electrons. The van der Waals surface area contributed by atoms with Crippen molar-refractivity contribution in [1.82, 2.24) is 9.88 Å². The topological polar surface area (TPSA) is 37.9 Å². The molecule has 1 amide bonds. The number of imidazole rings is 1. The first-order chi connectivity index (χ1) is 5.81. The fraction of sp³-hybridized carbons (Fsp3) is 0.500. The van der Waals surface area contributed by atoms with Gasteiger partial charge in [0.2, 0.25) is 0 Å². The van der Waals surface area contributed by atoms with Crippen molar-refractivity contribution in [2.24, 2.45) is 0 Å². The zero-order valence-electron chi connectivity index (χ0n) is 7.08. The SMILES string of the molecule is CC[n+]1cc2n(c1)C(=O)NCC2. The van der Waals surface area contributed by atoms with Gasteiger partial charge in [0, 0.05) is 13.0 Å². The number of carbonyl (C=O) groups excluding carboxylic acids is 1. The lowest BCUT2D eigenvalue weighted by atomic mass is 10.3. The smallest absolute Gasteiger partial charge is 0.317 e. The minimum atomic E-state index is -0.0107. The number of nitrogens with zero attached hydrogens (tertiary/aromatic N) is 2. The van der Waals surface area contributed by atoms with Crippen LogP contribution in [0.2, 0.25) is 0 Å². The summed E-state index contributed by atoms with van der Waals surface area (Å²) in [4.78, 5) is 11.3. The van der Waals surface area contributed by atoms with Gasteiger partial charge < -0.3 is 5.32 Å². The number of carbonyl (C=O) groups is 1. The molecule has 0 saturated carbocycles. The normalized spacial score (nSPS) is 15.6. The maximum Gasteiger partial charge on any atom is 0.413 e. The Morgan fingerprint density at radius 1 is 1.75 bits per heavy atom. The van der Waals surface area contributed by atoms with Crippen molar-refractivity contribution in [2.75, 3.05) is 6.54 Å². The van der Waals surface area contributed by atoms with Crippen LogP contribution in [0.25, 0.3) is 0 Å². The van der Waals surface area contributed by atoms with Gasteiger partial charge in [-0.3, -0.25) is 0 Å². The van der Waals surface area contributed by atoms with Gasteiger partial charge in [-0.1, -0.05) is 0 Å². The molecule has 1 aromatic rings. The molecule has 4 heteroatoms. The molecule has 0 aromatic carbocycles. The third kappa shape index (κ3) is 0.995. The fourth-order valence-electron chi connectivity index (χ4n) is 1.43. The van der Waals surface area contributed by atoms with E-state index in [4.69, 9.17) is 0 Å². The minimum Gasteiger partial charge on any atom is -0.317 e. The Labute approximate surface area is 70.8 Å². The molecule has 0 fully saturated rings. The Kier molecular flexibility index (Phi) is 1.60. The monoisotopic (exact) mass is 166 g/mol. The van der Waals surface area contributed by atoms with Gasteiger partial charge in [0.05, 0.1) is 6.54 Å². The molecule has 0 aliphatic carbocycles. The average molecular weight is 166 g/mol. The molecule has 64 valence electrons. The van der Waals surface area contributed by atoms with E-state index in [0.29, 0.717) is 0 Å². The van der Waals surface area contributed by atoms with Crippen molar-refractivity contribution >= 4 is 6.03 Å². The second-order valence-electron chi connectivity index (χ2n) is 2.92. The van der Waals surface area contributed by atoms with Crippen molar-refractivity contribution in [3.05, 3.63) is 18.2 Å². The maximum absolute atomic E-state index is 11.3. The van der Waals surface area contributed by atoms with E-state index in [-0.39, 0.29) is 6.03 Å². The van der Waals surface area contributed by atoms with Gasteiger partial charge in [-0.15, -0.1) is 4.57 Å². The lowest BCUT2D eigenvalue weighted by Gasteiger charge is -2.07. The summed E-state index contributed by atoms with van der Waals surface area (Å²) in [5.74, 6) is 0. The van der Waals surface area contributed by atoms with E-state index in [1.165, 1.54) is 0 Å². The highest BCUT2D eigenvalue weighted by molar-refractivity contribution is 5.77. The average Bonchev–Trinajstić information content (AvgIpc) is 2.49. The van der Waals surface area contributed by atoms with Gasteiger partial charge in [-0.25, -0.2) is 9.36 Å². The summed E-state index contributed by atoms with van der Waals surface area (Å²) in [6, 6.07) is -0.0107. The molecule has 1 N–H and O–H groups in total. The van der Waals surface area contributed by atoms with Crippen molar-refractivity contribution in [2.45, 2.75) is 19.9 Å². The fourth-order valence-corrected chi connectivity index (χ4v) is 1.43. The Morgan fingerprint density at radius 3 is 3.25 bits per heavy atom. The number of aromatic nitrogens is 2. The van der Waals surface area contributed by atoms with Gasteiger partial charge in [-0.2, -0.15) is 0 Å². The van der Waals surface area contributed by atoms with Crippen molar-refractivity contribution in [3.8, 4) is 0 Å². The quantitative estimate of drug-likeness (QED) is 0.582. The lowest BCUT2D eigenvalue weighted by Crippen LogP contribution is -2.36. The van der Waals surface area contributed by atoms with E-state index in [0.717, 1.165) is 25.2 Å². The number of hydrogen-bond donors (Lipinski definition) is 1. The molecular formula is C8H12N3O+. The molecule has 0 atom stereocenters. The highest BCUT2D eigenvalue weighted by Gasteiger charge is 2.23. The van der Waals surface area contributed by atoms with E-state index < -0.39 is 0 Å². The molecule has 0 saturated heterocycles. The molecule has 1 aromatic heterocycles. The van der Waals surface area contributed by atoms with Gasteiger partial charge >= 0.3 is 6.03 Å². The van der Waals surface area contributed by atoms with Gasteiger partial charge in [0.1, 0.15) is 6.20 Å². The van der Waals surface area contributed by atoms with Gasteiger partial charge in [0.25, 0.3) is 6.33 Å². The Hall–Kier alpha value is -1.32. The Balaban J connectivity index is 2.43. The predicted octanol–water partition coefficient (Wildman–Crippen LogP) is -0.0907. The van der Waals surface area contributed by atoms with Crippen LogP contribution in [0.15, 0.2) is 12.5 Å². The standard InChI is InChI=1S/C8H11N3O/c1-2-10-5-7-3-4-9-8(12)11(7)6-10/h5-6H,2-4H2,1H3/p+1. The van der Waals surface area contributed by atoms with Crippen LogP contribution in [-0.4, -0.2) is 17.1 Å². The first-order valence-corrected chi connectivity index (χ1v) is 4.20. The molecule has 12 heavy (non-hydrogen) atoms. The minimum absolute atomic E-state index is 0.0107. The Morgan fingerprint density at radius 2 is 2.58 bits per heavy atom. The third-order valence-electron chi connectivity index (χ3n) is 2.13. The predicted molar refractivity (Wildman–Crippen MR) is 42.8 cm³/mol. The van der Waals surface area contributed by atoms with Crippen LogP contribution in [0.4, 0.5) is 4.79 Å². The number of aryl methyl sites for hydroxylation is 1. The van der Waals surface area contributed by atoms with E-state index in [2.05, 4.69) is 12.2 Å². The van der Waals surface area contributed by atoms with E-state index in [1.807, 2.05) is 17.1 Å². The van der Waals surface area contributed by atoms with E-state index in [9.17, 15) is 4.79 Å². The summed E-state index contributed by atoms with van der Waals surface area (Å²) in [5, 5.41) is 2.79. The summed E-state index contributed by atoms with van der Waals surface area (Å²) in [6.45, 7) is 3.73. The summed E-state index contributed by atoms with van der Waals surface area (Å²) < 4.78 is 3.69. The zero-order chi connectivity index (χ0) is 8.55. The van der Waals surface area contributed by atoms with E-state index in [1.54, 1.807) is 4.57 Å². The number of amides is 1. The number of hydrogen-bond acceptors (Lipinski definition) is 1. The van der Waals surface area contributed by atoms with Crippen LogP contribution in [0.3, 0.4) is 0 Å². The first kappa shape index (κ1) is 7.34. The van der Waals surface area contributed by atoms with E-state index >= 15 is 0 Å². The van der Waals surface area contributed by atoms with Crippen LogP contribution in [0.5, 0.6) is 0 Å². The summed E-state index contributed by atoms with van der Waals surface area (Å²) in [6.07, 6.45) is 4.79. The molecule has 1 aliphatic rings. The highest BCUT2D eigenvalue weighted by atomic mass is 16.2. The molecule has 4 nitrogen and oxygen atoms in total. The summed E-state index contributed by atoms with van der Waals surface area (Å²) >= 11 is 0. The highest BCUT2D eigenvalue weighted by Crippen LogP contribution is 2.02. The van der Waals surface area contributed by atoms with Crippen LogP contribution in [-0.2, 0) is 13.0 Å². The molecule has 0 unspecified atom stereocenters. The molecule has 2 rings (SSSR count). The molecular weight excluding hydrogens is 154 g/mol. The van der Waals surface area contributed by atoms with Crippen molar-refractivity contribution < 1.29 is 9.36 Å². The number of rotatable bonds is 1. The van der Waals surface area contributed by atoms with Crippen LogP contribution >= 0.6 is 0 Å². The second kappa shape index (κ2) is 2.62. The summed E-state index contributed by atoms with van der Waals surface area (Å²) in [5.41, 5.74) is 1.10. The summed E-state index contributed by atoms with van der Waals surface area (Å²) in [7, 11) is 0. The molecule has 1 aliphatic heterocycles. The molecule has 0 spiro atoms. The van der Waals surface area contributed by atoms with Crippen LogP contribution in [0.1, 0.15) is 12.6 Å². The van der Waals surface area contributed by atoms with Crippen molar-refractivity contribution in [3.63, 3.8) is 0 Å². The number of nitrogens with one attached hydrogen (secondary N) is 1. The van der Waals surface area contributed by atoms with Crippen LogP contribution < -0.4 is 9.88 Å². The van der Waals surface area contributed by atoms with Crippen molar-refractivity contribution in [1.29, 1.82) is 0 Å². The zero-order valence-corrected chi connectivity index (χ0v) is 7.08. The Bertz CT molecular complexity index is 316. The molecule has 0 bridgehead atoms. The lowest BCUT2D eigenvalue weighted by molar-refractivity contribution is -0.692. The largest absolute Gasteiger partial charge is 0.413 e. The molecule has 2 heterocycles. The first-order valence-electron chi connectivity index (χ1n) is 4.20. The number of fused-ring (bicyclic) bond motifs is 1. The van der Waals surface area contributed by atoms with Gasteiger partial charge in [-0.05, 0) is 6.92 Å². The third-order valence-corrected chi connectivity index (χ3v) is 2.13. The van der Waals surface area contributed by atoms with Gasteiger partial charge in [0.15, 0.2) is 5.69 Å². The maximum atomic E-state index is 11.3. The van der Waals surface area contributed by atoms with Crippen LogP contribution in [0, 0.1) is 0 Å².